The van der Waals surface area contributed by atoms with Crippen LogP contribution in [0.3, 0.4) is 0 Å². The number of hydrogen-bond donors (Lipinski definition) is 2. The molecule has 0 bridgehead atoms. The first-order valence-corrected chi connectivity index (χ1v) is 12.0. The quantitative estimate of drug-likeness (QED) is 0.480. The summed E-state index contributed by atoms with van der Waals surface area (Å²) >= 11 is 3.87. The van der Waals surface area contributed by atoms with Crippen LogP contribution in [0.25, 0.3) is 16.6 Å². The third-order valence-corrected chi connectivity index (χ3v) is 6.32. The number of carboxylic acid groups (broad SMARTS) is 1. The van der Waals surface area contributed by atoms with Crippen molar-refractivity contribution in [2.75, 3.05) is 0 Å². The van der Waals surface area contributed by atoms with Gasteiger partial charge in [0.25, 0.3) is 5.56 Å². The van der Waals surface area contributed by atoms with Gasteiger partial charge in [-0.3, -0.25) is 18.5 Å². The Kier molecular flexibility index (Phi) is 7.47. The fourth-order valence-electron chi connectivity index (χ4n) is 4.03. The van der Waals surface area contributed by atoms with Crippen molar-refractivity contribution < 1.29 is 18.7 Å². The molecule has 1 amide bonds. The standard InChI is InChI=1S/C23H27ClN4O5S/c1-13(26-34(32)33)15-8-6-9-16(12-15)27-20(14(2)28(22(30)31)23(3,4)5)25-18-11-7-10-17(24)19(18)21(27)29/h6-14,26H,1-5H3,(H,30,31)(H,32,33)/p-1. The highest BCUT2D eigenvalue weighted by Crippen LogP contribution is 2.30. The summed E-state index contributed by atoms with van der Waals surface area (Å²) in [5.74, 6) is 0.210. The van der Waals surface area contributed by atoms with Crippen molar-refractivity contribution in [2.24, 2.45) is 0 Å². The van der Waals surface area contributed by atoms with Gasteiger partial charge in [-0.2, -0.15) is 0 Å². The maximum Gasteiger partial charge on any atom is 0.408 e. The van der Waals surface area contributed by atoms with Gasteiger partial charge < -0.3 is 9.66 Å². The van der Waals surface area contributed by atoms with E-state index < -0.39 is 40.5 Å². The number of halogens is 1. The lowest BCUT2D eigenvalue weighted by Gasteiger charge is -2.38. The molecule has 2 aromatic carbocycles. The molecule has 3 rings (SSSR count). The fraction of sp³-hybridized carbons (Fsp3) is 0.348. The lowest BCUT2D eigenvalue weighted by Crippen LogP contribution is -2.47. The largest absolute Gasteiger partial charge is 0.760 e. The first-order valence-electron chi connectivity index (χ1n) is 10.5. The predicted molar refractivity (Wildman–Crippen MR) is 131 cm³/mol. The number of nitrogens with zero attached hydrogens (tertiary/aromatic N) is 3. The number of hydrogen-bond acceptors (Lipinski definition) is 5. The molecule has 0 aliphatic heterocycles. The van der Waals surface area contributed by atoms with Gasteiger partial charge in [0, 0.05) is 22.8 Å². The van der Waals surface area contributed by atoms with Gasteiger partial charge in [-0.1, -0.05) is 29.8 Å². The summed E-state index contributed by atoms with van der Waals surface area (Å²) in [6.45, 7) is 8.62. The van der Waals surface area contributed by atoms with E-state index in [9.17, 15) is 23.5 Å². The summed E-state index contributed by atoms with van der Waals surface area (Å²) in [6, 6.07) is 10.3. The number of aromatic nitrogens is 2. The SMILES string of the molecule is CC(NS(=O)[O-])c1cccc(-n2c(C(C)N(C(=O)O)C(C)(C)C)nc3cccc(Cl)c3c2=O)c1. The van der Waals surface area contributed by atoms with E-state index in [1.165, 1.54) is 9.47 Å². The molecule has 3 aromatic rings. The molecule has 3 atom stereocenters. The second-order valence-electron chi connectivity index (χ2n) is 8.91. The van der Waals surface area contributed by atoms with Crippen LogP contribution in [0.15, 0.2) is 47.3 Å². The Bertz CT molecular complexity index is 1320. The molecule has 0 fully saturated rings. The molecule has 11 heteroatoms. The van der Waals surface area contributed by atoms with Crippen molar-refractivity contribution >= 4 is 39.9 Å². The molecule has 0 saturated heterocycles. The van der Waals surface area contributed by atoms with Gasteiger partial charge in [-0.25, -0.2) is 14.5 Å². The van der Waals surface area contributed by atoms with Crippen LogP contribution in [0.5, 0.6) is 0 Å². The summed E-state index contributed by atoms with van der Waals surface area (Å²) in [6.07, 6.45) is -1.16. The van der Waals surface area contributed by atoms with E-state index in [0.717, 1.165) is 0 Å². The summed E-state index contributed by atoms with van der Waals surface area (Å²) in [5.41, 5.74) is 0.125. The maximum atomic E-state index is 13.7. The highest BCUT2D eigenvalue weighted by Gasteiger charge is 2.34. The van der Waals surface area contributed by atoms with E-state index in [2.05, 4.69) is 9.71 Å². The Morgan fingerprint density at radius 1 is 1.24 bits per heavy atom. The molecule has 9 nitrogen and oxygen atoms in total. The average Bonchev–Trinajstić information content (AvgIpc) is 2.71. The fourth-order valence-corrected chi connectivity index (χ4v) is 4.71. The third-order valence-electron chi connectivity index (χ3n) is 5.46. The number of rotatable bonds is 6. The first kappa shape index (κ1) is 25.8. The minimum Gasteiger partial charge on any atom is -0.760 e. The zero-order valence-electron chi connectivity index (χ0n) is 19.4. The number of nitrogens with one attached hydrogen (secondary N) is 1. The lowest BCUT2D eigenvalue weighted by atomic mass is 10.0. The van der Waals surface area contributed by atoms with Gasteiger partial charge >= 0.3 is 6.09 Å². The number of benzene rings is 2. The molecule has 1 aromatic heterocycles. The van der Waals surface area contributed by atoms with Crippen molar-refractivity contribution in [1.82, 2.24) is 19.2 Å². The number of carbonyl (C=O) groups is 1. The second kappa shape index (κ2) is 9.83. The van der Waals surface area contributed by atoms with Crippen molar-refractivity contribution in [3.63, 3.8) is 0 Å². The molecular weight excluding hydrogens is 480 g/mol. The summed E-state index contributed by atoms with van der Waals surface area (Å²) in [7, 11) is 0. The molecule has 2 N–H and O–H groups in total. The highest BCUT2D eigenvalue weighted by atomic mass is 35.5. The first-order chi connectivity index (χ1) is 15.8. The minimum atomic E-state index is -2.48. The van der Waals surface area contributed by atoms with Gasteiger partial charge in [0.05, 0.1) is 27.7 Å². The van der Waals surface area contributed by atoms with Gasteiger partial charge in [0.2, 0.25) is 0 Å². The average molecular weight is 506 g/mol. The molecule has 34 heavy (non-hydrogen) atoms. The monoisotopic (exact) mass is 505 g/mol. The van der Waals surface area contributed by atoms with Crippen LogP contribution in [0.2, 0.25) is 5.02 Å². The molecule has 0 spiro atoms. The molecule has 0 aliphatic carbocycles. The molecule has 0 radical (unpaired) electrons. The normalized spacial score (nSPS) is 14.6. The zero-order chi connectivity index (χ0) is 25.4. The van der Waals surface area contributed by atoms with E-state index in [-0.39, 0.29) is 16.2 Å². The van der Waals surface area contributed by atoms with Crippen LogP contribution >= 0.6 is 11.6 Å². The van der Waals surface area contributed by atoms with E-state index in [1.807, 2.05) is 0 Å². The topological polar surface area (TPSA) is 128 Å². The Morgan fingerprint density at radius 3 is 2.47 bits per heavy atom. The summed E-state index contributed by atoms with van der Waals surface area (Å²) in [4.78, 5) is 31.8. The summed E-state index contributed by atoms with van der Waals surface area (Å²) < 4.78 is 25.9. The Balaban J connectivity index is 2.34. The molecule has 1 heterocycles. The molecule has 0 saturated carbocycles. The Labute approximate surface area is 204 Å². The van der Waals surface area contributed by atoms with Crippen LogP contribution in [0.1, 0.15) is 58.1 Å². The molecule has 3 unspecified atom stereocenters. The Hall–Kier alpha value is -2.79. The third kappa shape index (κ3) is 5.15. The van der Waals surface area contributed by atoms with Gasteiger partial charge in [-0.05, 0) is 64.4 Å². The molecular formula is C23H26ClN4O5S-. The van der Waals surface area contributed by atoms with E-state index in [0.29, 0.717) is 16.8 Å². The van der Waals surface area contributed by atoms with Crippen LogP contribution in [-0.2, 0) is 11.3 Å². The van der Waals surface area contributed by atoms with Gasteiger partial charge in [-0.15, -0.1) is 0 Å². The van der Waals surface area contributed by atoms with Crippen LogP contribution in [0.4, 0.5) is 4.79 Å². The van der Waals surface area contributed by atoms with Crippen LogP contribution < -0.4 is 10.3 Å². The van der Waals surface area contributed by atoms with E-state index in [1.54, 1.807) is 77.1 Å². The maximum absolute atomic E-state index is 13.7. The molecule has 0 aliphatic rings. The van der Waals surface area contributed by atoms with Crippen LogP contribution in [0, 0.1) is 0 Å². The number of amides is 1. The minimum absolute atomic E-state index is 0.204. The molecule has 182 valence electrons. The Morgan fingerprint density at radius 2 is 1.88 bits per heavy atom. The van der Waals surface area contributed by atoms with Crippen molar-refractivity contribution in [2.45, 2.75) is 52.2 Å². The smallest absolute Gasteiger partial charge is 0.408 e. The van der Waals surface area contributed by atoms with Crippen molar-refractivity contribution in [3.05, 3.63) is 69.2 Å². The summed E-state index contributed by atoms with van der Waals surface area (Å²) in [5, 5.41) is 10.4. The lowest BCUT2D eigenvalue weighted by molar-refractivity contribution is 0.0719. The van der Waals surface area contributed by atoms with Gasteiger partial charge in [0.1, 0.15) is 5.82 Å². The highest BCUT2D eigenvalue weighted by molar-refractivity contribution is 7.77. The van der Waals surface area contributed by atoms with Gasteiger partial charge in [0.15, 0.2) is 0 Å². The second-order valence-corrected chi connectivity index (χ2v) is 10.0. The predicted octanol–water partition coefficient (Wildman–Crippen LogP) is 4.32. The van der Waals surface area contributed by atoms with Crippen molar-refractivity contribution in [1.29, 1.82) is 0 Å². The van der Waals surface area contributed by atoms with Crippen molar-refractivity contribution in [3.8, 4) is 5.69 Å². The van der Waals surface area contributed by atoms with Crippen LogP contribution in [-0.4, -0.2) is 40.0 Å². The zero-order valence-corrected chi connectivity index (χ0v) is 21.0. The van der Waals surface area contributed by atoms with E-state index >= 15 is 0 Å². The number of fused-ring (bicyclic) bond motifs is 1. The van der Waals surface area contributed by atoms with E-state index in [4.69, 9.17) is 11.6 Å².